The first-order valence-electron chi connectivity index (χ1n) is 8.39. The summed E-state index contributed by atoms with van der Waals surface area (Å²) < 4.78 is 5.98. The van der Waals surface area contributed by atoms with E-state index < -0.39 is 0 Å². The molecule has 2 atom stereocenters. The number of hydrogen-bond donors (Lipinski definition) is 0. The van der Waals surface area contributed by atoms with Gasteiger partial charge in [0.2, 0.25) is 5.91 Å². The fourth-order valence-corrected chi connectivity index (χ4v) is 3.98. The minimum absolute atomic E-state index is 0.118. The summed E-state index contributed by atoms with van der Waals surface area (Å²) in [6, 6.07) is 8.32. The van der Waals surface area contributed by atoms with Crippen molar-refractivity contribution in [3.8, 4) is 0 Å². The Balaban J connectivity index is 1.74. The van der Waals surface area contributed by atoms with Crippen LogP contribution in [0, 0.1) is 19.8 Å². The highest BCUT2D eigenvalue weighted by atomic mass is 32.1. The minimum atomic E-state index is -0.146. The third-order valence-electron chi connectivity index (χ3n) is 4.46. The Kier molecular flexibility index (Phi) is 5.31. The van der Waals surface area contributed by atoms with Crippen LogP contribution in [0.4, 0.5) is 0 Å². The minimum Gasteiger partial charge on any atom is -0.373 e. The van der Waals surface area contributed by atoms with E-state index in [2.05, 4.69) is 36.2 Å². The molecular weight excluding hydrogens is 320 g/mol. The second-order valence-corrected chi connectivity index (χ2v) is 7.47. The average molecular weight is 344 g/mol. The van der Waals surface area contributed by atoms with Gasteiger partial charge >= 0.3 is 0 Å². The highest BCUT2D eigenvalue weighted by molar-refractivity contribution is 7.09. The molecule has 0 radical (unpaired) electrons. The van der Waals surface area contributed by atoms with Crippen LogP contribution in [-0.2, 0) is 16.1 Å². The maximum absolute atomic E-state index is 13.0. The van der Waals surface area contributed by atoms with Gasteiger partial charge < -0.3 is 9.64 Å². The molecule has 5 heteroatoms. The SMILES string of the molecule is Cc1ccc([C@@H]2OCCC[C@H]2C(=O)N(C)Cc2nc(C)cs2)cc1. The number of aryl methyl sites for hydroxylation is 2. The lowest BCUT2D eigenvalue weighted by atomic mass is 9.88. The van der Waals surface area contributed by atoms with E-state index in [0.717, 1.165) is 35.7 Å². The maximum Gasteiger partial charge on any atom is 0.228 e. The van der Waals surface area contributed by atoms with Crippen molar-refractivity contribution in [2.24, 2.45) is 5.92 Å². The molecule has 1 amide bonds. The maximum atomic E-state index is 13.0. The molecule has 1 aliphatic heterocycles. The molecule has 0 N–H and O–H groups in total. The third-order valence-corrected chi connectivity index (χ3v) is 5.41. The smallest absolute Gasteiger partial charge is 0.228 e. The number of aromatic nitrogens is 1. The molecule has 128 valence electrons. The first-order chi connectivity index (χ1) is 11.5. The molecule has 1 fully saturated rings. The molecule has 1 aliphatic rings. The fraction of sp³-hybridized carbons (Fsp3) is 0.474. The van der Waals surface area contributed by atoms with Crippen LogP contribution in [0.5, 0.6) is 0 Å². The number of carbonyl (C=O) groups excluding carboxylic acids is 1. The summed E-state index contributed by atoms with van der Waals surface area (Å²) in [7, 11) is 1.86. The normalized spacial score (nSPS) is 20.8. The number of ether oxygens (including phenoxy) is 1. The van der Waals surface area contributed by atoms with Gasteiger partial charge in [-0.1, -0.05) is 29.8 Å². The lowest BCUT2D eigenvalue weighted by molar-refractivity contribution is -0.144. The van der Waals surface area contributed by atoms with Crippen LogP contribution in [0.1, 0.15) is 40.8 Å². The molecule has 0 bridgehead atoms. The zero-order valence-electron chi connectivity index (χ0n) is 14.5. The van der Waals surface area contributed by atoms with Crippen molar-refractivity contribution in [1.82, 2.24) is 9.88 Å². The van der Waals surface area contributed by atoms with E-state index in [-0.39, 0.29) is 17.9 Å². The van der Waals surface area contributed by atoms with Gasteiger partial charge in [0, 0.05) is 24.7 Å². The predicted molar refractivity (Wildman–Crippen MR) is 95.9 cm³/mol. The summed E-state index contributed by atoms with van der Waals surface area (Å²) in [5.74, 6) is 0.0284. The molecule has 1 aromatic heterocycles. The largest absolute Gasteiger partial charge is 0.373 e. The monoisotopic (exact) mass is 344 g/mol. The predicted octanol–water partition coefficient (Wildman–Crippen LogP) is 3.89. The van der Waals surface area contributed by atoms with Crippen molar-refractivity contribution in [3.05, 3.63) is 51.5 Å². The van der Waals surface area contributed by atoms with Crippen LogP contribution in [0.3, 0.4) is 0 Å². The van der Waals surface area contributed by atoms with Crippen molar-refractivity contribution in [2.75, 3.05) is 13.7 Å². The second-order valence-electron chi connectivity index (χ2n) is 6.53. The molecule has 2 heterocycles. The lowest BCUT2D eigenvalue weighted by Crippen LogP contribution is -2.38. The highest BCUT2D eigenvalue weighted by Gasteiger charge is 2.34. The van der Waals surface area contributed by atoms with Crippen LogP contribution in [-0.4, -0.2) is 29.4 Å². The Labute approximate surface area is 147 Å². The van der Waals surface area contributed by atoms with Crippen LogP contribution in [0.2, 0.25) is 0 Å². The molecule has 4 nitrogen and oxygen atoms in total. The lowest BCUT2D eigenvalue weighted by Gasteiger charge is -2.33. The molecule has 0 spiro atoms. The van der Waals surface area contributed by atoms with Gasteiger partial charge in [0.15, 0.2) is 0 Å². The number of carbonyl (C=O) groups is 1. The van der Waals surface area contributed by atoms with E-state index in [0.29, 0.717) is 6.54 Å². The molecule has 3 rings (SSSR count). The zero-order chi connectivity index (χ0) is 17.1. The third kappa shape index (κ3) is 3.84. The van der Waals surface area contributed by atoms with E-state index in [4.69, 9.17) is 4.74 Å². The molecule has 0 aliphatic carbocycles. The van der Waals surface area contributed by atoms with Crippen LogP contribution in [0.25, 0.3) is 0 Å². The second kappa shape index (κ2) is 7.45. The van der Waals surface area contributed by atoms with E-state index in [1.165, 1.54) is 5.56 Å². The van der Waals surface area contributed by atoms with Crippen molar-refractivity contribution in [2.45, 2.75) is 39.3 Å². The van der Waals surface area contributed by atoms with Crippen LogP contribution in [0.15, 0.2) is 29.6 Å². The number of benzene rings is 1. The molecule has 2 aromatic rings. The van der Waals surface area contributed by atoms with Crippen molar-refractivity contribution in [1.29, 1.82) is 0 Å². The van der Waals surface area contributed by atoms with Crippen molar-refractivity contribution < 1.29 is 9.53 Å². The first kappa shape index (κ1) is 17.1. The molecule has 24 heavy (non-hydrogen) atoms. The van der Waals surface area contributed by atoms with Gasteiger partial charge in [0.25, 0.3) is 0 Å². The summed E-state index contributed by atoms with van der Waals surface area (Å²) in [5.41, 5.74) is 3.32. The molecule has 1 aromatic carbocycles. The number of thiazole rings is 1. The summed E-state index contributed by atoms with van der Waals surface area (Å²) in [6.07, 6.45) is 1.66. The number of hydrogen-bond acceptors (Lipinski definition) is 4. The molecule has 1 saturated heterocycles. The number of rotatable bonds is 4. The van der Waals surface area contributed by atoms with Crippen LogP contribution < -0.4 is 0 Å². The Morgan fingerprint density at radius 1 is 1.33 bits per heavy atom. The van der Waals surface area contributed by atoms with Gasteiger partial charge in [-0.3, -0.25) is 4.79 Å². The van der Waals surface area contributed by atoms with Gasteiger partial charge in [-0.05, 0) is 32.3 Å². The van der Waals surface area contributed by atoms with Gasteiger partial charge in [0.1, 0.15) is 5.01 Å². The van der Waals surface area contributed by atoms with Crippen molar-refractivity contribution in [3.63, 3.8) is 0 Å². The number of nitrogens with zero attached hydrogens (tertiary/aromatic N) is 2. The standard InChI is InChI=1S/C19H24N2O2S/c1-13-6-8-15(9-7-13)18-16(5-4-10-23-18)19(22)21(3)11-17-20-14(2)12-24-17/h6-9,12,16,18H,4-5,10-11H2,1-3H3/t16-,18+/m1/s1. The number of amides is 1. The quantitative estimate of drug-likeness (QED) is 0.845. The summed E-state index contributed by atoms with van der Waals surface area (Å²) in [6.45, 7) is 5.33. The van der Waals surface area contributed by atoms with Gasteiger partial charge in [-0.15, -0.1) is 11.3 Å². The Morgan fingerprint density at radius 2 is 2.08 bits per heavy atom. The Bertz CT molecular complexity index is 696. The summed E-state index contributed by atoms with van der Waals surface area (Å²) in [4.78, 5) is 19.2. The highest BCUT2D eigenvalue weighted by Crippen LogP contribution is 2.35. The summed E-state index contributed by atoms with van der Waals surface area (Å²) in [5, 5.41) is 3.00. The van der Waals surface area contributed by atoms with E-state index >= 15 is 0 Å². The average Bonchev–Trinajstić information content (AvgIpc) is 3.00. The zero-order valence-corrected chi connectivity index (χ0v) is 15.3. The van der Waals surface area contributed by atoms with Gasteiger partial charge in [0.05, 0.1) is 18.6 Å². The van der Waals surface area contributed by atoms with Gasteiger partial charge in [-0.25, -0.2) is 4.98 Å². The van der Waals surface area contributed by atoms with E-state index in [9.17, 15) is 4.79 Å². The van der Waals surface area contributed by atoms with Crippen molar-refractivity contribution >= 4 is 17.2 Å². The molecule has 0 saturated carbocycles. The molecular formula is C19H24N2O2S. The molecule has 0 unspecified atom stereocenters. The topological polar surface area (TPSA) is 42.4 Å². The summed E-state index contributed by atoms with van der Waals surface area (Å²) >= 11 is 1.60. The fourth-order valence-electron chi connectivity index (χ4n) is 3.16. The Morgan fingerprint density at radius 3 is 2.75 bits per heavy atom. The Hall–Kier alpha value is -1.72. The van der Waals surface area contributed by atoms with Gasteiger partial charge in [-0.2, -0.15) is 0 Å². The van der Waals surface area contributed by atoms with Crippen LogP contribution >= 0.6 is 11.3 Å². The van der Waals surface area contributed by atoms with E-state index in [1.54, 1.807) is 16.2 Å². The van der Waals surface area contributed by atoms with E-state index in [1.807, 2.05) is 19.4 Å². The first-order valence-corrected chi connectivity index (χ1v) is 9.26.